The molecule has 2 amide bonds. The number of carbonyl (C=O) groups is 1. The van der Waals surface area contributed by atoms with Gasteiger partial charge >= 0.3 is 6.03 Å². The molecule has 2 heterocycles. The predicted octanol–water partition coefficient (Wildman–Crippen LogP) is 6.30. The Kier molecular flexibility index (Phi) is 6.47. The number of halogens is 2. The molecule has 1 aliphatic heterocycles. The quantitative estimate of drug-likeness (QED) is 0.456. The lowest BCUT2D eigenvalue weighted by Gasteiger charge is -2.18. The second-order valence-corrected chi connectivity index (χ2v) is 9.42. The Labute approximate surface area is 203 Å². The Hall–Kier alpha value is -2.70. The smallest absolute Gasteiger partial charge is 0.315 e. The molecule has 33 heavy (non-hydrogen) atoms. The van der Waals surface area contributed by atoms with Crippen molar-refractivity contribution in [3.8, 4) is 22.7 Å². The van der Waals surface area contributed by atoms with Gasteiger partial charge in [0.25, 0.3) is 0 Å². The van der Waals surface area contributed by atoms with Crippen molar-refractivity contribution in [3.05, 3.63) is 64.3 Å². The fourth-order valence-electron chi connectivity index (χ4n) is 4.64. The van der Waals surface area contributed by atoms with E-state index in [1.165, 1.54) is 12.8 Å². The van der Waals surface area contributed by atoms with E-state index in [-0.39, 0.29) is 18.1 Å². The lowest BCUT2D eigenvalue weighted by atomic mass is 10.1. The van der Waals surface area contributed by atoms with E-state index in [0.29, 0.717) is 28.1 Å². The molecule has 1 aliphatic carbocycles. The van der Waals surface area contributed by atoms with Gasteiger partial charge in [0.15, 0.2) is 5.75 Å². The van der Waals surface area contributed by atoms with Gasteiger partial charge in [0.2, 0.25) is 0 Å². The fourth-order valence-corrected chi connectivity index (χ4v) is 4.99. The topological polar surface area (TPSA) is 68.2 Å². The lowest BCUT2D eigenvalue weighted by Crippen LogP contribution is -2.42. The summed E-state index contributed by atoms with van der Waals surface area (Å²) in [5, 5.41) is 12.4. The Morgan fingerprint density at radius 1 is 0.970 bits per heavy atom. The number of carbonyl (C=O) groups excluding carboxylic acids is 1. The van der Waals surface area contributed by atoms with Gasteiger partial charge in [-0.2, -0.15) is 5.10 Å². The van der Waals surface area contributed by atoms with Crippen LogP contribution in [0.3, 0.4) is 0 Å². The third-order valence-electron chi connectivity index (χ3n) is 6.27. The van der Waals surface area contributed by atoms with E-state index >= 15 is 0 Å². The third-order valence-corrected chi connectivity index (χ3v) is 6.85. The summed E-state index contributed by atoms with van der Waals surface area (Å²) in [6.45, 7) is 0.546. The van der Waals surface area contributed by atoms with Gasteiger partial charge < -0.3 is 15.4 Å². The first-order chi connectivity index (χ1) is 16.1. The van der Waals surface area contributed by atoms with Crippen LogP contribution in [0.2, 0.25) is 10.0 Å². The van der Waals surface area contributed by atoms with Crippen LogP contribution in [0.4, 0.5) is 4.79 Å². The largest absolute Gasteiger partial charge is 0.489 e. The van der Waals surface area contributed by atoms with Crippen molar-refractivity contribution in [2.24, 2.45) is 0 Å². The number of para-hydroxylation sites is 1. The van der Waals surface area contributed by atoms with E-state index in [1.54, 1.807) is 0 Å². The maximum Gasteiger partial charge on any atom is 0.315 e. The highest BCUT2D eigenvalue weighted by molar-refractivity contribution is 6.32. The molecule has 6 nitrogen and oxygen atoms in total. The Bertz CT molecular complexity index is 1140. The average Bonchev–Trinajstić information content (AvgIpc) is 3.40. The Balaban J connectivity index is 1.56. The number of ether oxygens (including phenoxy) is 1. The molecule has 1 aromatic heterocycles. The molecule has 2 N–H and O–H groups in total. The van der Waals surface area contributed by atoms with Crippen molar-refractivity contribution in [2.75, 3.05) is 6.61 Å². The van der Waals surface area contributed by atoms with Crippen LogP contribution < -0.4 is 15.4 Å². The minimum Gasteiger partial charge on any atom is -0.489 e. The maximum atomic E-state index is 12.8. The van der Waals surface area contributed by atoms with E-state index in [9.17, 15) is 4.79 Å². The summed E-state index contributed by atoms with van der Waals surface area (Å²) >= 11 is 12.7. The number of hydrogen-bond donors (Lipinski definition) is 2. The number of nitrogens with zero attached hydrogens (tertiary/aromatic N) is 2. The maximum absolute atomic E-state index is 12.8. The molecule has 172 valence electrons. The van der Waals surface area contributed by atoms with Crippen LogP contribution in [0, 0.1) is 0 Å². The highest BCUT2D eigenvalue weighted by Gasteiger charge is 2.31. The van der Waals surface area contributed by atoms with Gasteiger partial charge in [0.05, 0.1) is 23.4 Å². The lowest BCUT2D eigenvalue weighted by molar-refractivity contribution is 0.232. The van der Waals surface area contributed by atoms with Crippen LogP contribution in [0.5, 0.6) is 5.75 Å². The second-order valence-electron chi connectivity index (χ2n) is 8.58. The molecule has 1 unspecified atom stereocenters. The van der Waals surface area contributed by atoms with E-state index < -0.39 is 0 Å². The molecule has 1 saturated carbocycles. The van der Waals surface area contributed by atoms with Crippen molar-refractivity contribution in [1.82, 2.24) is 20.4 Å². The summed E-state index contributed by atoms with van der Waals surface area (Å²) in [6.07, 6.45) is 5.96. The van der Waals surface area contributed by atoms with Crippen molar-refractivity contribution < 1.29 is 9.53 Å². The number of urea groups is 1. The minimum atomic E-state index is -0.265. The molecule has 1 fully saturated rings. The SMILES string of the molecule is O=C(NC1CCCC1)NC1CCCOc2c1nn(-c1ccccc1Cl)c2-c1ccc(Cl)cc1. The highest BCUT2D eigenvalue weighted by Crippen LogP contribution is 2.42. The van der Waals surface area contributed by atoms with E-state index in [1.807, 2.05) is 53.2 Å². The van der Waals surface area contributed by atoms with Crippen LogP contribution in [0.1, 0.15) is 50.3 Å². The first-order valence-corrected chi connectivity index (χ1v) is 12.2. The van der Waals surface area contributed by atoms with Crippen LogP contribution in [0.25, 0.3) is 16.9 Å². The fraction of sp³-hybridized carbons (Fsp3) is 0.360. The van der Waals surface area contributed by atoms with Gasteiger partial charge in [-0.3, -0.25) is 0 Å². The second kappa shape index (κ2) is 9.65. The van der Waals surface area contributed by atoms with Gasteiger partial charge in [-0.15, -0.1) is 0 Å². The first-order valence-electron chi connectivity index (χ1n) is 11.4. The van der Waals surface area contributed by atoms with Crippen LogP contribution >= 0.6 is 23.2 Å². The molecule has 5 rings (SSSR count). The Morgan fingerprint density at radius 2 is 1.73 bits per heavy atom. The molecule has 2 aromatic carbocycles. The number of nitrogens with one attached hydrogen (secondary N) is 2. The number of benzene rings is 2. The van der Waals surface area contributed by atoms with Crippen molar-refractivity contribution in [3.63, 3.8) is 0 Å². The molecule has 0 radical (unpaired) electrons. The van der Waals surface area contributed by atoms with E-state index in [0.717, 1.165) is 42.6 Å². The molecule has 1 atom stereocenters. The molecule has 0 bridgehead atoms. The monoisotopic (exact) mass is 484 g/mol. The normalized spacial score (nSPS) is 18.3. The number of fused-ring (bicyclic) bond motifs is 1. The van der Waals surface area contributed by atoms with Gasteiger partial charge in [0, 0.05) is 16.6 Å². The van der Waals surface area contributed by atoms with Crippen LogP contribution in [0.15, 0.2) is 48.5 Å². The zero-order valence-electron chi connectivity index (χ0n) is 18.2. The molecule has 8 heteroatoms. The summed E-state index contributed by atoms with van der Waals surface area (Å²) in [4.78, 5) is 12.8. The van der Waals surface area contributed by atoms with Crippen LogP contribution in [-0.4, -0.2) is 28.5 Å². The third kappa shape index (κ3) is 4.68. The van der Waals surface area contributed by atoms with Gasteiger partial charge in [-0.25, -0.2) is 9.48 Å². The number of aromatic nitrogens is 2. The van der Waals surface area contributed by atoms with Gasteiger partial charge in [0.1, 0.15) is 11.4 Å². The standard InChI is InChI=1S/C25H26Cl2N4O2/c26-17-13-11-16(12-14-17)23-24-22(30-31(23)21-10-4-3-8-19(21)27)20(9-5-15-33-24)29-25(32)28-18-6-1-2-7-18/h3-4,8,10-14,18,20H,1-2,5-7,9,15H2,(H2,28,29,32). The molecule has 3 aromatic rings. The summed E-state index contributed by atoms with van der Waals surface area (Å²) in [6, 6.07) is 15.0. The van der Waals surface area contributed by atoms with E-state index in [4.69, 9.17) is 33.0 Å². The minimum absolute atomic E-state index is 0.153. The molecular weight excluding hydrogens is 459 g/mol. The molecule has 2 aliphatic rings. The molecular formula is C25H26Cl2N4O2. The van der Waals surface area contributed by atoms with Gasteiger partial charge in [-0.1, -0.05) is 60.3 Å². The van der Waals surface area contributed by atoms with Crippen molar-refractivity contribution in [1.29, 1.82) is 0 Å². The van der Waals surface area contributed by atoms with Crippen LogP contribution in [-0.2, 0) is 0 Å². The summed E-state index contributed by atoms with van der Waals surface area (Å²) in [5.41, 5.74) is 3.15. The average molecular weight is 485 g/mol. The highest BCUT2D eigenvalue weighted by atomic mass is 35.5. The van der Waals surface area contributed by atoms with Crippen molar-refractivity contribution in [2.45, 2.75) is 50.6 Å². The zero-order valence-corrected chi connectivity index (χ0v) is 19.7. The zero-order chi connectivity index (χ0) is 22.8. The first kappa shape index (κ1) is 22.1. The van der Waals surface area contributed by atoms with Crippen molar-refractivity contribution >= 4 is 29.2 Å². The number of rotatable bonds is 4. The molecule has 0 spiro atoms. The Morgan fingerprint density at radius 3 is 2.48 bits per heavy atom. The predicted molar refractivity (Wildman–Crippen MR) is 130 cm³/mol. The summed E-state index contributed by atoms with van der Waals surface area (Å²) < 4.78 is 8.03. The summed E-state index contributed by atoms with van der Waals surface area (Å²) in [7, 11) is 0. The molecule has 0 saturated heterocycles. The van der Waals surface area contributed by atoms with E-state index in [2.05, 4.69) is 10.6 Å². The van der Waals surface area contributed by atoms with Gasteiger partial charge in [-0.05, 0) is 49.9 Å². The number of hydrogen-bond acceptors (Lipinski definition) is 3. The number of amides is 2. The summed E-state index contributed by atoms with van der Waals surface area (Å²) in [5.74, 6) is 0.668.